The van der Waals surface area contributed by atoms with Crippen LogP contribution in [0.1, 0.15) is 123 Å². The molecule has 51 heavy (non-hydrogen) atoms. The maximum absolute atomic E-state index is 13.4. The van der Waals surface area contributed by atoms with Gasteiger partial charge in [-0.15, -0.1) is 0 Å². The van der Waals surface area contributed by atoms with Gasteiger partial charge < -0.3 is 22.4 Å². The lowest BCUT2D eigenvalue weighted by atomic mass is 9.92. The first-order valence-electron chi connectivity index (χ1n) is 20.7. The van der Waals surface area contributed by atoms with Gasteiger partial charge in [-0.1, -0.05) is 103 Å². The zero-order valence-corrected chi connectivity index (χ0v) is 41.8. The molecular weight excluding hydrogens is 725 g/mol. The van der Waals surface area contributed by atoms with Gasteiger partial charge in [-0.3, -0.25) is 0 Å². The van der Waals surface area contributed by atoms with Crippen LogP contribution in [0.5, 0.6) is 0 Å². The average Bonchev–Trinajstić information content (AvgIpc) is 3.36. The Morgan fingerprint density at radius 3 is 1.73 bits per heavy atom. The summed E-state index contributed by atoms with van der Waals surface area (Å²) in [7, 11) is -11.8. The molecule has 1 saturated heterocycles. The number of sulfone groups is 1. The molecule has 12 heteroatoms. The summed E-state index contributed by atoms with van der Waals surface area (Å²) in [6.45, 7) is 44.1. The Morgan fingerprint density at radius 1 is 0.804 bits per heavy atom. The predicted octanol–water partition coefficient (Wildman–Crippen LogP) is 11.6. The van der Waals surface area contributed by atoms with Crippen molar-refractivity contribution < 1.29 is 30.9 Å². The van der Waals surface area contributed by atoms with E-state index in [1.165, 1.54) is 0 Å². The zero-order valence-electron chi connectivity index (χ0n) is 37.0. The molecule has 1 rings (SSSR count). The molecule has 1 fully saturated rings. The second-order valence-corrected chi connectivity index (χ2v) is 40.9. The highest BCUT2D eigenvalue weighted by molar-refractivity contribution is 7.91. The van der Waals surface area contributed by atoms with E-state index in [1.54, 1.807) is 0 Å². The second-order valence-electron chi connectivity index (χ2n) is 19.3. The molecule has 306 valence electrons. The maximum atomic E-state index is 13.4. The molecular formula is C39H86O7SSi4. The van der Waals surface area contributed by atoms with Gasteiger partial charge in [-0.25, -0.2) is 8.42 Å². The Bertz CT molecular complexity index is 1080. The van der Waals surface area contributed by atoms with Crippen molar-refractivity contribution in [3.63, 3.8) is 0 Å². The highest BCUT2D eigenvalue weighted by Crippen LogP contribution is 2.44. The van der Waals surface area contributed by atoms with E-state index in [0.29, 0.717) is 36.1 Å². The van der Waals surface area contributed by atoms with Crippen LogP contribution in [0.25, 0.3) is 0 Å². The molecule has 0 saturated carbocycles. The van der Waals surface area contributed by atoms with E-state index in [1.807, 2.05) is 6.92 Å². The molecule has 0 bridgehead atoms. The van der Waals surface area contributed by atoms with Crippen molar-refractivity contribution in [2.24, 2.45) is 5.92 Å². The summed E-state index contributed by atoms with van der Waals surface area (Å²) in [5.74, 6) is 0.326. The first kappa shape index (κ1) is 49.6. The van der Waals surface area contributed by atoms with Crippen molar-refractivity contribution in [3.8, 4) is 0 Å². The Balaban J connectivity index is 3.81. The molecule has 0 radical (unpaired) electrons. The SMILES string of the molecule is CCCCS(=O)(=O)C[C@H]1O[C@H]([C@@H](O[Si](CC)(CC)CC)[C@H](O[Si](C)(C)C(C)(C)C)[C@H](C)CCO[Si](C(C)C)(C(C)C)C(C)C)C[C@H]1O[Si](C)(C)C. The second kappa shape index (κ2) is 20.2. The maximum Gasteiger partial charge on any atom is 0.200 e. The van der Waals surface area contributed by atoms with Crippen LogP contribution in [-0.2, 0) is 32.3 Å². The molecule has 0 aromatic carbocycles. The summed E-state index contributed by atoms with van der Waals surface area (Å²) in [6.07, 6.45) is 1.35. The average molecular weight is 812 g/mol. The van der Waals surface area contributed by atoms with Crippen LogP contribution in [0.15, 0.2) is 0 Å². The monoisotopic (exact) mass is 811 g/mol. The molecule has 0 aromatic rings. The normalized spacial score (nSPS) is 22.0. The highest BCUT2D eigenvalue weighted by atomic mass is 32.2. The molecule has 0 N–H and O–H groups in total. The summed E-state index contributed by atoms with van der Waals surface area (Å²) in [5.41, 5.74) is 1.57. The van der Waals surface area contributed by atoms with Crippen molar-refractivity contribution in [1.29, 1.82) is 0 Å². The number of hydrogen-bond donors (Lipinski definition) is 0. The van der Waals surface area contributed by atoms with Crippen LogP contribution >= 0.6 is 0 Å². The van der Waals surface area contributed by atoms with Crippen molar-refractivity contribution in [2.75, 3.05) is 18.1 Å². The highest BCUT2D eigenvalue weighted by Gasteiger charge is 2.52. The first-order valence-corrected chi connectivity index (χ1v) is 33.5. The van der Waals surface area contributed by atoms with E-state index in [2.05, 4.69) is 123 Å². The molecule has 0 spiro atoms. The van der Waals surface area contributed by atoms with Crippen LogP contribution in [0.4, 0.5) is 0 Å². The van der Waals surface area contributed by atoms with Gasteiger partial charge in [-0.05, 0) is 91.3 Å². The predicted molar refractivity (Wildman–Crippen MR) is 230 cm³/mol. The van der Waals surface area contributed by atoms with Crippen LogP contribution in [-0.4, -0.2) is 90.3 Å². The minimum atomic E-state index is -3.30. The van der Waals surface area contributed by atoms with Crippen molar-refractivity contribution >= 4 is 43.1 Å². The van der Waals surface area contributed by atoms with Crippen LogP contribution in [0.3, 0.4) is 0 Å². The van der Waals surface area contributed by atoms with E-state index in [9.17, 15) is 8.42 Å². The van der Waals surface area contributed by atoms with Crippen LogP contribution in [0.2, 0.25) is 72.5 Å². The van der Waals surface area contributed by atoms with E-state index in [4.69, 9.17) is 22.4 Å². The lowest BCUT2D eigenvalue weighted by Gasteiger charge is -2.47. The molecule has 0 aromatic heterocycles. The van der Waals surface area contributed by atoms with Gasteiger partial charge in [-0.2, -0.15) is 0 Å². The Kier molecular flexibility index (Phi) is 19.6. The molecule has 0 amide bonds. The van der Waals surface area contributed by atoms with E-state index < -0.39 is 49.2 Å². The Hall–Kier alpha value is 0.618. The van der Waals surface area contributed by atoms with Gasteiger partial charge in [0.15, 0.2) is 43.1 Å². The molecule has 7 nitrogen and oxygen atoms in total. The molecule has 0 aliphatic carbocycles. The third-order valence-corrected chi connectivity index (χ3v) is 30.4. The van der Waals surface area contributed by atoms with Crippen LogP contribution < -0.4 is 0 Å². The lowest BCUT2D eigenvalue weighted by molar-refractivity contribution is -0.0876. The van der Waals surface area contributed by atoms with E-state index in [-0.39, 0.29) is 46.9 Å². The van der Waals surface area contributed by atoms with Gasteiger partial charge in [0.2, 0.25) is 0 Å². The van der Waals surface area contributed by atoms with Crippen molar-refractivity contribution in [3.05, 3.63) is 0 Å². The van der Waals surface area contributed by atoms with Gasteiger partial charge in [0.05, 0.1) is 42.0 Å². The summed E-state index contributed by atoms with van der Waals surface area (Å²) >= 11 is 0. The summed E-state index contributed by atoms with van der Waals surface area (Å²) in [6, 6.07) is 3.05. The number of unbranched alkanes of at least 4 members (excludes halogenated alkanes) is 1. The number of ether oxygens (including phenoxy) is 1. The van der Waals surface area contributed by atoms with Crippen LogP contribution in [0, 0.1) is 5.92 Å². The third-order valence-electron chi connectivity index (χ3n) is 12.4. The molecule has 6 atom stereocenters. The topological polar surface area (TPSA) is 80.3 Å². The minimum Gasteiger partial charge on any atom is -0.416 e. The number of hydrogen-bond acceptors (Lipinski definition) is 7. The molecule has 0 unspecified atom stereocenters. The Morgan fingerprint density at radius 2 is 1.31 bits per heavy atom. The van der Waals surface area contributed by atoms with Gasteiger partial charge in [0.25, 0.3) is 0 Å². The van der Waals surface area contributed by atoms with Gasteiger partial charge in [0.1, 0.15) is 0 Å². The standard InChI is InChI=1S/C39H86O7SSi4/c1-20-24-27-47(40,41)29-36-34(44-48(15,16)17)28-35(43-36)38(46-50(21-2,22-3)23-4)37(45-49(18,19)39(12,13)14)33(11)25-26-42-51(30(5)6,31(7)8)32(9)10/h30-38H,20-29H2,1-19H3/t33-,34-,35+,36-,37-,38-/m1/s1. The largest absolute Gasteiger partial charge is 0.416 e. The molecule has 1 aliphatic heterocycles. The van der Waals surface area contributed by atoms with Gasteiger partial charge >= 0.3 is 0 Å². The first-order chi connectivity index (χ1) is 23.2. The summed E-state index contributed by atoms with van der Waals surface area (Å²) < 4.78 is 62.8. The van der Waals surface area contributed by atoms with E-state index in [0.717, 1.165) is 31.0 Å². The summed E-state index contributed by atoms with van der Waals surface area (Å²) in [4.78, 5) is 0. The fourth-order valence-electron chi connectivity index (χ4n) is 8.14. The minimum absolute atomic E-state index is 0.00566. The van der Waals surface area contributed by atoms with Crippen molar-refractivity contribution in [1.82, 2.24) is 0 Å². The van der Waals surface area contributed by atoms with E-state index >= 15 is 0 Å². The van der Waals surface area contributed by atoms with Crippen molar-refractivity contribution in [2.45, 2.75) is 226 Å². The summed E-state index contributed by atoms with van der Waals surface area (Å²) in [5, 5.41) is 0.00566. The molecule has 1 aliphatic rings. The van der Waals surface area contributed by atoms with Gasteiger partial charge in [0, 0.05) is 13.0 Å². The Labute approximate surface area is 322 Å². The molecule has 1 heterocycles. The smallest absolute Gasteiger partial charge is 0.200 e. The quantitative estimate of drug-likeness (QED) is 0.0898. The third kappa shape index (κ3) is 13.9. The number of rotatable bonds is 24. The zero-order chi connectivity index (χ0) is 39.8. The lowest BCUT2D eigenvalue weighted by Crippen LogP contribution is -2.56. The fraction of sp³-hybridized carbons (Fsp3) is 1.00. The fourth-order valence-corrected chi connectivity index (χ4v) is 20.7.